The van der Waals surface area contributed by atoms with Crippen LogP contribution in [0.1, 0.15) is 64.1 Å². The normalized spacial score (nSPS) is 12.3. The van der Waals surface area contributed by atoms with Crippen LogP contribution < -0.4 is 10.1 Å². The first kappa shape index (κ1) is 25.2. The van der Waals surface area contributed by atoms with Crippen molar-refractivity contribution in [1.82, 2.24) is 14.8 Å². The van der Waals surface area contributed by atoms with Gasteiger partial charge in [0, 0.05) is 16.2 Å². The highest BCUT2D eigenvalue weighted by Gasteiger charge is 2.23. The van der Waals surface area contributed by atoms with E-state index in [1.54, 1.807) is 25.1 Å². The Morgan fingerprint density at radius 3 is 2.55 bits per heavy atom. The highest BCUT2D eigenvalue weighted by atomic mass is 79.9. The van der Waals surface area contributed by atoms with Crippen molar-refractivity contribution in [1.29, 1.82) is 0 Å². The van der Waals surface area contributed by atoms with E-state index in [0.29, 0.717) is 11.0 Å². The summed E-state index contributed by atoms with van der Waals surface area (Å²) in [4.78, 5) is 12.7. The molecule has 1 N–H and O–H groups in total. The van der Waals surface area contributed by atoms with E-state index >= 15 is 0 Å². The maximum atomic E-state index is 14.0. The summed E-state index contributed by atoms with van der Waals surface area (Å²) in [6.07, 6.45) is -0.517. The fraction of sp³-hybridized carbons (Fsp3) is 0.375. The number of carbonyl (C=O) groups is 1. The molecule has 0 saturated heterocycles. The fourth-order valence-corrected chi connectivity index (χ4v) is 4.63. The molecule has 3 aromatic rings. The van der Waals surface area contributed by atoms with E-state index in [2.05, 4.69) is 45.3 Å². The van der Waals surface area contributed by atoms with Gasteiger partial charge in [0.05, 0.1) is 5.75 Å². The first-order valence-electron chi connectivity index (χ1n) is 10.8. The van der Waals surface area contributed by atoms with Crippen LogP contribution in [0.15, 0.2) is 52.1 Å². The van der Waals surface area contributed by atoms with Crippen LogP contribution in [-0.2, 0) is 4.79 Å². The van der Waals surface area contributed by atoms with Crippen molar-refractivity contribution >= 4 is 39.3 Å². The average molecular weight is 535 g/mol. The van der Waals surface area contributed by atoms with Crippen molar-refractivity contribution in [3.63, 3.8) is 0 Å². The molecular weight excluding hydrogens is 507 g/mol. The number of ether oxygens (including phenoxy) is 1. The summed E-state index contributed by atoms with van der Waals surface area (Å²) < 4.78 is 22.7. The van der Waals surface area contributed by atoms with Gasteiger partial charge in [-0.15, -0.1) is 10.2 Å². The molecule has 33 heavy (non-hydrogen) atoms. The molecule has 0 radical (unpaired) electrons. The van der Waals surface area contributed by atoms with Crippen LogP contribution in [0, 0.1) is 5.82 Å². The second kappa shape index (κ2) is 11.2. The Kier molecular flexibility index (Phi) is 8.53. The predicted octanol–water partition coefficient (Wildman–Crippen LogP) is 6.75. The van der Waals surface area contributed by atoms with Crippen molar-refractivity contribution in [2.75, 3.05) is 11.1 Å². The number of para-hydroxylation sites is 1. The summed E-state index contributed by atoms with van der Waals surface area (Å²) in [7, 11) is 0. The minimum atomic E-state index is -0.517. The third kappa shape index (κ3) is 6.35. The van der Waals surface area contributed by atoms with Crippen LogP contribution in [0.3, 0.4) is 0 Å². The first-order valence-corrected chi connectivity index (χ1v) is 12.5. The third-order valence-electron chi connectivity index (χ3n) is 4.95. The molecule has 9 heteroatoms. The number of nitrogens with zero attached hydrogens (tertiary/aromatic N) is 3. The molecule has 0 spiro atoms. The van der Waals surface area contributed by atoms with Crippen molar-refractivity contribution in [3.05, 3.63) is 64.1 Å². The number of anilines is 1. The summed E-state index contributed by atoms with van der Waals surface area (Å²) in [6, 6.07) is 12.1. The summed E-state index contributed by atoms with van der Waals surface area (Å²) in [5.74, 6) is 0.632. The molecule has 0 aliphatic carbocycles. The minimum absolute atomic E-state index is 0.0336. The minimum Gasteiger partial charge on any atom is -0.480 e. The van der Waals surface area contributed by atoms with Gasteiger partial charge in [0.15, 0.2) is 28.7 Å². The quantitative estimate of drug-likeness (QED) is 0.307. The smallest absolute Gasteiger partial charge is 0.234 e. The molecule has 3 rings (SSSR count). The van der Waals surface area contributed by atoms with Crippen LogP contribution in [0.25, 0.3) is 0 Å². The van der Waals surface area contributed by atoms with Crippen molar-refractivity contribution < 1.29 is 13.9 Å². The van der Waals surface area contributed by atoms with Gasteiger partial charge >= 0.3 is 0 Å². The molecule has 0 saturated carbocycles. The van der Waals surface area contributed by atoms with E-state index in [-0.39, 0.29) is 29.4 Å². The highest BCUT2D eigenvalue weighted by molar-refractivity contribution is 9.10. The molecule has 1 unspecified atom stereocenters. The van der Waals surface area contributed by atoms with Gasteiger partial charge in [0.1, 0.15) is 0 Å². The van der Waals surface area contributed by atoms with Gasteiger partial charge in [-0.2, -0.15) is 0 Å². The molecule has 6 nitrogen and oxygen atoms in total. The number of aromatic nitrogens is 3. The van der Waals surface area contributed by atoms with Gasteiger partial charge in [0.2, 0.25) is 5.91 Å². The fourth-order valence-electron chi connectivity index (χ4n) is 3.37. The van der Waals surface area contributed by atoms with Gasteiger partial charge in [-0.1, -0.05) is 53.7 Å². The lowest BCUT2D eigenvalue weighted by molar-refractivity contribution is -0.113. The molecule has 176 valence electrons. The Bertz CT molecular complexity index is 1120. The summed E-state index contributed by atoms with van der Waals surface area (Å²) in [5, 5.41) is 12.2. The van der Waals surface area contributed by atoms with E-state index in [9.17, 15) is 9.18 Å². The average Bonchev–Trinajstić information content (AvgIpc) is 3.19. The SMILES string of the molecule is CC(C)c1cc(Br)ccc1NC(=O)CSc1nnc(C(C)Oc2ccccc2F)n1C(C)C. The third-order valence-corrected chi connectivity index (χ3v) is 6.39. The molecule has 1 aromatic heterocycles. The molecule has 0 bridgehead atoms. The van der Waals surface area contributed by atoms with Crippen molar-refractivity contribution in [3.8, 4) is 5.75 Å². The molecule has 2 aromatic carbocycles. The second-order valence-electron chi connectivity index (χ2n) is 8.22. The zero-order chi connectivity index (χ0) is 24.1. The molecule has 0 aliphatic rings. The molecule has 0 fully saturated rings. The topological polar surface area (TPSA) is 69.0 Å². The Morgan fingerprint density at radius 1 is 1.15 bits per heavy atom. The lowest BCUT2D eigenvalue weighted by atomic mass is 10.0. The lowest BCUT2D eigenvalue weighted by Gasteiger charge is -2.19. The number of hydrogen-bond donors (Lipinski definition) is 1. The second-order valence-corrected chi connectivity index (χ2v) is 10.1. The predicted molar refractivity (Wildman–Crippen MR) is 133 cm³/mol. The van der Waals surface area contributed by atoms with Crippen LogP contribution >= 0.6 is 27.7 Å². The van der Waals surface area contributed by atoms with Gasteiger partial charge < -0.3 is 14.6 Å². The zero-order valence-electron chi connectivity index (χ0n) is 19.3. The van der Waals surface area contributed by atoms with Gasteiger partial charge in [-0.25, -0.2) is 4.39 Å². The molecule has 1 atom stereocenters. The Hall–Kier alpha value is -2.39. The standard InChI is InChI=1S/C24H28BrFN4O2S/c1-14(2)18-12-17(25)10-11-20(18)27-22(31)13-33-24-29-28-23(30(24)15(3)4)16(5)32-21-9-7-6-8-19(21)26/h6-12,14-16H,13H2,1-5H3,(H,27,31). The summed E-state index contributed by atoms with van der Waals surface area (Å²) in [6.45, 7) is 9.98. The van der Waals surface area contributed by atoms with E-state index in [1.807, 2.05) is 36.6 Å². The van der Waals surface area contributed by atoms with E-state index in [0.717, 1.165) is 15.7 Å². The number of hydrogen-bond acceptors (Lipinski definition) is 5. The number of thioether (sulfide) groups is 1. The van der Waals surface area contributed by atoms with Crippen molar-refractivity contribution in [2.24, 2.45) is 0 Å². The largest absolute Gasteiger partial charge is 0.480 e. The molecular formula is C24H28BrFN4O2S. The van der Waals surface area contributed by atoms with Crippen LogP contribution in [-0.4, -0.2) is 26.4 Å². The Labute approximate surface area is 206 Å². The lowest BCUT2D eigenvalue weighted by Crippen LogP contribution is -2.17. The Balaban J connectivity index is 1.71. The highest BCUT2D eigenvalue weighted by Crippen LogP contribution is 2.30. The van der Waals surface area contributed by atoms with Gasteiger partial charge in [0.25, 0.3) is 0 Å². The van der Waals surface area contributed by atoms with Gasteiger partial charge in [-0.3, -0.25) is 4.79 Å². The monoisotopic (exact) mass is 534 g/mol. The maximum absolute atomic E-state index is 14.0. The number of halogens is 2. The number of benzene rings is 2. The number of amides is 1. The number of nitrogens with one attached hydrogen (secondary N) is 1. The summed E-state index contributed by atoms with van der Waals surface area (Å²) in [5.41, 5.74) is 1.87. The number of carbonyl (C=O) groups excluding carboxylic acids is 1. The molecule has 1 amide bonds. The van der Waals surface area contributed by atoms with E-state index < -0.39 is 11.9 Å². The van der Waals surface area contributed by atoms with Crippen LogP contribution in [0.2, 0.25) is 0 Å². The number of rotatable bonds is 9. The maximum Gasteiger partial charge on any atom is 0.234 e. The Morgan fingerprint density at radius 2 is 1.88 bits per heavy atom. The summed E-state index contributed by atoms with van der Waals surface area (Å²) >= 11 is 4.79. The van der Waals surface area contributed by atoms with Crippen LogP contribution in [0.5, 0.6) is 5.75 Å². The van der Waals surface area contributed by atoms with Gasteiger partial charge in [-0.05, 0) is 62.6 Å². The van der Waals surface area contributed by atoms with E-state index in [1.165, 1.54) is 17.8 Å². The van der Waals surface area contributed by atoms with Crippen molar-refractivity contribution in [2.45, 2.75) is 57.8 Å². The zero-order valence-corrected chi connectivity index (χ0v) is 21.7. The molecule has 0 aliphatic heterocycles. The van der Waals surface area contributed by atoms with Crippen LogP contribution in [0.4, 0.5) is 10.1 Å². The van der Waals surface area contributed by atoms with E-state index in [4.69, 9.17) is 4.74 Å². The first-order chi connectivity index (χ1) is 15.7. The molecule has 1 heterocycles.